The first-order valence-corrected chi connectivity index (χ1v) is 7.67. The molecule has 0 spiro atoms. The maximum atomic E-state index is 12.0. The molecule has 1 atom stereocenters. The molecule has 1 N–H and O–H groups in total. The molecule has 0 saturated heterocycles. The van der Waals surface area contributed by atoms with Crippen LogP contribution in [0.25, 0.3) is 0 Å². The van der Waals surface area contributed by atoms with Crippen molar-refractivity contribution in [3.8, 4) is 0 Å². The van der Waals surface area contributed by atoms with E-state index in [4.69, 9.17) is 9.15 Å². The monoisotopic (exact) mass is 315 g/mol. The van der Waals surface area contributed by atoms with Crippen LogP contribution in [0.15, 0.2) is 47.1 Å². The van der Waals surface area contributed by atoms with Crippen molar-refractivity contribution in [3.05, 3.63) is 59.5 Å². The number of carbonyl (C=O) groups is 2. The zero-order valence-corrected chi connectivity index (χ0v) is 13.4. The number of benzene rings is 1. The van der Waals surface area contributed by atoms with Gasteiger partial charge in [0.1, 0.15) is 11.3 Å². The Morgan fingerprint density at radius 2 is 1.96 bits per heavy atom. The minimum atomic E-state index is -0.557. The van der Waals surface area contributed by atoms with Gasteiger partial charge in [-0.2, -0.15) is 0 Å². The lowest BCUT2D eigenvalue weighted by molar-refractivity contribution is -0.125. The highest BCUT2D eigenvalue weighted by Crippen LogP contribution is 2.18. The fourth-order valence-electron chi connectivity index (χ4n) is 2.34. The summed E-state index contributed by atoms with van der Waals surface area (Å²) >= 11 is 0. The highest BCUT2D eigenvalue weighted by molar-refractivity contribution is 5.92. The summed E-state index contributed by atoms with van der Waals surface area (Å²) < 4.78 is 10.1. The SMILES string of the molecule is CCC[C@@H](NC(=O)COC(=O)c1ccoc1C)c1ccccc1. The van der Waals surface area contributed by atoms with Crippen LogP contribution in [0.5, 0.6) is 0 Å². The van der Waals surface area contributed by atoms with E-state index in [-0.39, 0.29) is 18.6 Å². The standard InChI is InChI=1S/C18H21NO4/c1-3-7-16(14-8-5-4-6-9-14)19-17(20)12-23-18(21)15-10-11-22-13(15)2/h4-6,8-11,16H,3,7,12H2,1-2H3,(H,19,20)/t16-/m1/s1. The number of nitrogens with one attached hydrogen (secondary N) is 1. The van der Waals surface area contributed by atoms with E-state index < -0.39 is 5.97 Å². The molecule has 0 saturated carbocycles. The maximum Gasteiger partial charge on any atom is 0.342 e. The van der Waals surface area contributed by atoms with Crippen LogP contribution in [-0.4, -0.2) is 18.5 Å². The van der Waals surface area contributed by atoms with Crippen molar-refractivity contribution in [1.82, 2.24) is 5.32 Å². The minimum absolute atomic E-state index is 0.0805. The number of carbonyl (C=O) groups excluding carboxylic acids is 2. The first kappa shape index (κ1) is 16.8. The van der Waals surface area contributed by atoms with Gasteiger partial charge >= 0.3 is 5.97 Å². The molecule has 0 unspecified atom stereocenters. The van der Waals surface area contributed by atoms with Gasteiger partial charge in [-0.05, 0) is 25.0 Å². The summed E-state index contributed by atoms with van der Waals surface area (Å²) in [5, 5.41) is 2.91. The largest absolute Gasteiger partial charge is 0.469 e. The second-order valence-electron chi connectivity index (χ2n) is 5.29. The number of hydrogen-bond donors (Lipinski definition) is 1. The first-order valence-electron chi connectivity index (χ1n) is 7.67. The first-order chi connectivity index (χ1) is 11.1. The van der Waals surface area contributed by atoms with Crippen LogP contribution in [0, 0.1) is 6.92 Å². The number of aryl methyl sites for hydroxylation is 1. The highest BCUT2D eigenvalue weighted by atomic mass is 16.5. The van der Waals surface area contributed by atoms with Crippen molar-refractivity contribution in [2.75, 3.05) is 6.61 Å². The van der Waals surface area contributed by atoms with E-state index in [0.29, 0.717) is 11.3 Å². The lowest BCUT2D eigenvalue weighted by Crippen LogP contribution is -2.32. The molecule has 2 rings (SSSR count). The Balaban J connectivity index is 1.90. The van der Waals surface area contributed by atoms with E-state index in [1.807, 2.05) is 30.3 Å². The third-order valence-electron chi connectivity index (χ3n) is 3.53. The van der Waals surface area contributed by atoms with Gasteiger partial charge < -0.3 is 14.5 Å². The van der Waals surface area contributed by atoms with Gasteiger partial charge in [-0.1, -0.05) is 43.7 Å². The molecule has 0 bridgehead atoms. The van der Waals surface area contributed by atoms with Gasteiger partial charge in [0.25, 0.3) is 5.91 Å². The molecule has 0 aliphatic carbocycles. The summed E-state index contributed by atoms with van der Waals surface area (Å²) in [4.78, 5) is 23.9. The Hall–Kier alpha value is -2.56. The molecule has 1 amide bonds. The Kier molecular flexibility index (Phi) is 5.97. The normalized spacial score (nSPS) is 11.7. The Bertz CT molecular complexity index is 648. The zero-order chi connectivity index (χ0) is 16.7. The number of amides is 1. The van der Waals surface area contributed by atoms with Crippen molar-refractivity contribution >= 4 is 11.9 Å². The van der Waals surface area contributed by atoms with Crippen LogP contribution in [0.2, 0.25) is 0 Å². The summed E-state index contributed by atoms with van der Waals surface area (Å²) in [7, 11) is 0. The second-order valence-corrected chi connectivity index (χ2v) is 5.29. The number of rotatable bonds is 7. The Morgan fingerprint density at radius 1 is 1.22 bits per heavy atom. The van der Waals surface area contributed by atoms with Crippen LogP contribution < -0.4 is 5.32 Å². The van der Waals surface area contributed by atoms with Crippen LogP contribution in [0.4, 0.5) is 0 Å². The fraction of sp³-hybridized carbons (Fsp3) is 0.333. The van der Waals surface area contributed by atoms with Gasteiger partial charge in [-0.3, -0.25) is 4.79 Å². The smallest absolute Gasteiger partial charge is 0.342 e. The molecular weight excluding hydrogens is 294 g/mol. The van der Waals surface area contributed by atoms with Gasteiger partial charge in [0.15, 0.2) is 6.61 Å². The molecule has 122 valence electrons. The van der Waals surface area contributed by atoms with Crippen molar-refractivity contribution < 1.29 is 18.7 Å². The third kappa shape index (κ3) is 4.71. The summed E-state index contributed by atoms with van der Waals surface area (Å²) in [6.07, 6.45) is 3.18. The summed E-state index contributed by atoms with van der Waals surface area (Å²) in [5.74, 6) is -0.400. The molecule has 5 nitrogen and oxygen atoms in total. The Labute approximate surface area is 135 Å². The molecule has 1 aromatic heterocycles. The highest BCUT2D eigenvalue weighted by Gasteiger charge is 2.17. The molecule has 1 aromatic carbocycles. The number of ether oxygens (including phenoxy) is 1. The average Bonchev–Trinajstić information content (AvgIpc) is 2.99. The molecule has 5 heteroatoms. The molecule has 23 heavy (non-hydrogen) atoms. The van der Waals surface area contributed by atoms with Crippen LogP contribution in [0.1, 0.15) is 47.5 Å². The molecule has 0 radical (unpaired) electrons. The van der Waals surface area contributed by atoms with E-state index in [1.165, 1.54) is 12.3 Å². The van der Waals surface area contributed by atoms with Crippen LogP contribution >= 0.6 is 0 Å². The van der Waals surface area contributed by atoms with E-state index in [0.717, 1.165) is 18.4 Å². The maximum absolute atomic E-state index is 12.0. The van der Waals surface area contributed by atoms with Crippen LogP contribution in [-0.2, 0) is 9.53 Å². The molecule has 1 heterocycles. The molecule has 0 aliphatic rings. The van der Waals surface area contributed by atoms with Crippen molar-refractivity contribution in [1.29, 1.82) is 0 Å². The third-order valence-corrected chi connectivity index (χ3v) is 3.53. The Morgan fingerprint density at radius 3 is 2.57 bits per heavy atom. The minimum Gasteiger partial charge on any atom is -0.469 e. The van der Waals surface area contributed by atoms with Gasteiger partial charge in [-0.15, -0.1) is 0 Å². The average molecular weight is 315 g/mol. The predicted octanol–water partition coefficient (Wildman–Crippen LogP) is 3.40. The lowest BCUT2D eigenvalue weighted by atomic mass is 10.0. The predicted molar refractivity (Wildman–Crippen MR) is 86.0 cm³/mol. The summed E-state index contributed by atoms with van der Waals surface area (Å²) in [6.45, 7) is 3.42. The topological polar surface area (TPSA) is 68.5 Å². The van der Waals surface area contributed by atoms with Crippen molar-refractivity contribution in [3.63, 3.8) is 0 Å². The van der Waals surface area contributed by atoms with E-state index in [1.54, 1.807) is 6.92 Å². The van der Waals surface area contributed by atoms with E-state index >= 15 is 0 Å². The summed E-state index contributed by atoms with van der Waals surface area (Å²) in [5.41, 5.74) is 1.38. The molecule has 0 fully saturated rings. The number of hydrogen-bond acceptors (Lipinski definition) is 4. The molecule has 0 aliphatic heterocycles. The lowest BCUT2D eigenvalue weighted by Gasteiger charge is -2.18. The molecule has 2 aromatic rings. The van der Waals surface area contributed by atoms with E-state index in [9.17, 15) is 9.59 Å². The fourth-order valence-corrected chi connectivity index (χ4v) is 2.34. The second kappa shape index (κ2) is 8.17. The van der Waals surface area contributed by atoms with Gasteiger partial charge in [0.2, 0.25) is 0 Å². The zero-order valence-electron chi connectivity index (χ0n) is 13.4. The van der Waals surface area contributed by atoms with Crippen molar-refractivity contribution in [2.45, 2.75) is 32.7 Å². The summed E-state index contributed by atoms with van der Waals surface area (Å²) in [6, 6.07) is 11.2. The van der Waals surface area contributed by atoms with E-state index in [2.05, 4.69) is 12.2 Å². The molecular formula is C18H21NO4. The van der Waals surface area contributed by atoms with Gasteiger partial charge in [0.05, 0.1) is 12.3 Å². The number of furan rings is 1. The van der Waals surface area contributed by atoms with Crippen LogP contribution in [0.3, 0.4) is 0 Å². The quantitative estimate of drug-likeness (QED) is 0.795. The van der Waals surface area contributed by atoms with Gasteiger partial charge in [-0.25, -0.2) is 4.79 Å². The van der Waals surface area contributed by atoms with Crippen molar-refractivity contribution in [2.24, 2.45) is 0 Å². The number of esters is 1. The van der Waals surface area contributed by atoms with Gasteiger partial charge in [0, 0.05) is 0 Å².